The summed E-state index contributed by atoms with van der Waals surface area (Å²) in [5, 5.41) is 12.1. The molecule has 3 nitrogen and oxygen atoms in total. The fourth-order valence-corrected chi connectivity index (χ4v) is 1.03. The normalized spacial score (nSPS) is 12.8. The van der Waals surface area contributed by atoms with Crippen LogP contribution < -0.4 is 5.32 Å². The number of aromatic amines is 1. The molecule has 1 rings (SSSR count). The molecule has 1 heterocycles. The summed E-state index contributed by atoms with van der Waals surface area (Å²) in [5.74, 6) is 0.361. The van der Waals surface area contributed by atoms with Crippen LogP contribution in [0.15, 0.2) is 18.5 Å². The summed E-state index contributed by atoms with van der Waals surface area (Å²) >= 11 is 0. The molecule has 3 heteroatoms. The largest absolute Gasteiger partial charge is 0.396 e. The Hall–Kier alpha value is -0.960. The van der Waals surface area contributed by atoms with E-state index in [1.807, 2.05) is 18.5 Å². The van der Waals surface area contributed by atoms with Gasteiger partial charge in [-0.15, -0.1) is 0 Å². The molecule has 1 aromatic rings. The minimum absolute atomic E-state index is 0.258. The van der Waals surface area contributed by atoms with Gasteiger partial charge in [-0.25, -0.2) is 0 Å². The topological polar surface area (TPSA) is 48.0 Å². The van der Waals surface area contributed by atoms with E-state index in [2.05, 4.69) is 17.2 Å². The zero-order valence-electron chi connectivity index (χ0n) is 7.38. The van der Waals surface area contributed by atoms with E-state index in [0.29, 0.717) is 5.92 Å². The fourth-order valence-electron chi connectivity index (χ4n) is 1.03. The van der Waals surface area contributed by atoms with E-state index in [1.54, 1.807) is 0 Å². The maximum atomic E-state index is 8.91. The summed E-state index contributed by atoms with van der Waals surface area (Å²) in [5.41, 5.74) is 1.09. The zero-order chi connectivity index (χ0) is 8.81. The molecular formula is C9H16N2O. The number of aliphatic hydroxyl groups is 1. The number of anilines is 1. The third-order valence-corrected chi connectivity index (χ3v) is 2.03. The maximum Gasteiger partial charge on any atom is 0.0517 e. The Bertz CT molecular complexity index is 192. The number of nitrogens with one attached hydrogen (secondary N) is 2. The highest BCUT2D eigenvalue weighted by atomic mass is 16.3. The highest BCUT2D eigenvalue weighted by Crippen LogP contribution is 2.06. The number of hydrogen-bond donors (Lipinski definition) is 3. The van der Waals surface area contributed by atoms with Crippen molar-refractivity contribution < 1.29 is 5.11 Å². The Morgan fingerprint density at radius 3 is 3.00 bits per heavy atom. The highest BCUT2D eigenvalue weighted by molar-refractivity contribution is 5.40. The van der Waals surface area contributed by atoms with Crippen molar-refractivity contribution in [2.45, 2.75) is 13.3 Å². The van der Waals surface area contributed by atoms with Crippen molar-refractivity contribution in [3.05, 3.63) is 18.5 Å². The van der Waals surface area contributed by atoms with Gasteiger partial charge in [-0.2, -0.15) is 0 Å². The van der Waals surface area contributed by atoms with E-state index >= 15 is 0 Å². The van der Waals surface area contributed by atoms with Crippen LogP contribution in [0.5, 0.6) is 0 Å². The second-order valence-corrected chi connectivity index (χ2v) is 2.94. The average molecular weight is 168 g/mol. The standard InChI is InChI=1S/C9H16N2O/c1-2-8(7-12)5-11-9-3-4-10-6-9/h3-4,6,8,10-12H,2,5,7H2,1H3. The predicted molar refractivity (Wildman–Crippen MR) is 50.1 cm³/mol. The van der Waals surface area contributed by atoms with Gasteiger partial charge in [0.2, 0.25) is 0 Å². The summed E-state index contributed by atoms with van der Waals surface area (Å²) in [7, 11) is 0. The van der Waals surface area contributed by atoms with Crippen LogP contribution in [-0.4, -0.2) is 23.2 Å². The van der Waals surface area contributed by atoms with Gasteiger partial charge in [0.15, 0.2) is 0 Å². The van der Waals surface area contributed by atoms with Crippen molar-refractivity contribution in [3.8, 4) is 0 Å². The molecule has 1 atom stereocenters. The molecule has 0 radical (unpaired) electrons. The van der Waals surface area contributed by atoms with Gasteiger partial charge in [0.25, 0.3) is 0 Å². The molecule has 0 aromatic carbocycles. The summed E-state index contributed by atoms with van der Waals surface area (Å²) in [6.07, 6.45) is 4.79. The zero-order valence-corrected chi connectivity index (χ0v) is 7.38. The van der Waals surface area contributed by atoms with Crippen molar-refractivity contribution in [2.75, 3.05) is 18.5 Å². The number of aromatic nitrogens is 1. The second kappa shape index (κ2) is 4.83. The first-order valence-corrected chi connectivity index (χ1v) is 4.34. The molecule has 0 amide bonds. The van der Waals surface area contributed by atoms with Crippen LogP contribution in [0.2, 0.25) is 0 Å². The molecule has 0 aliphatic carbocycles. The Labute approximate surface area is 72.8 Å². The van der Waals surface area contributed by atoms with Gasteiger partial charge in [0.1, 0.15) is 0 Å². The molecule has 0 fully saturated rings. The van der Waals surface area contributed by atoms with Crippen molar-refractivity contribution >= 4 is 5.69 Å². The quantitative estimate of drug-likeness (QED) is 0.623. The van der Waals surface area contributed by atoms with Crippen molar-refractivity contribution in [3.63, 3.8) is 0 Å². The van der Waals surface area contributed by atoms with Gasteiger partial charge < -0.3 is 15.4 Å². The minimum Gasteiger partial charge on any atom is -0.396 e. The van der Waals surface area contributed by atoms with Crippen molar-refractivity contribution in [2.24, 2.45) is 5.92 Å². The van der Waals surface area contributed by atoms with Crippen LogP contribution in [-0.2, 0) is 0 Å². The van der Waals surface area contributed by atoms with Crippen LogP contribution >= 0.6 is 0 Å². The summed E-state index contributed by atoms with van der Waals surface area (Å²) < 4.78 is 0. The van der Waals surface area contributed by atoms with E-state index in [4.69, 9.17) is 5.11 Å². The molecule has 68 valence electrons. The predicted octanol–water partition coefficient (Wildman–Crippen LogP) is 1.45. The number of H-pyrrole nitrogens is 1. The van der Waals surface area contributed by atoms with Gasteiger partial charge >= 0.3 is 0 Å². The third-order valence-electron chi connectivity index (χ3n) is 2.03. The Kier molecular flexibility index (Phi) is 3.67. The first kappa shape index (κ1) is 9.13. The van der Waals surface area contributed by atoms with E-state index in [9.17, 15) is 0 Å². The highest BCUT2D eigenvalue weighted by Gasteiger charge is 2.03. The van der Waals surface area contributed by atoms with Gasteiger partial charge in [0, 0.05) is 25.5 Å². The van der Waals surface area contributed by atoms with Crippen molar-refractivity contribution in [1.82, 2.24) is 4.98 Å². The Morgan fingerprint density at radius 2 is 2.50 bits per heavy atom. The van der Waals surface area contributed by atoms with E-state index < -0.39 is 0 Å². The van der Waals surface area contributed by atoms with Gasteiger partial charge in [0.05, 0.1) is 5.69 Å². The first-order chi connectivity index (χ1) is 5.86. The lowest BCUT2D eigenvalue weighted by Gasteiger charge is -2.11. The molecule has 0 spiro atoms. The van der Waals surface area contributed by atoms with Crippen LogP contribution in [0.1, 0.15) is 13.3 Å². The van der Waals surface area contributed by atoms with Crippen LogP contribution in [0.4, 0.5) is 5.69 Å². The molecule has 12 heavy (non-hydrogen) atoms. The van der Waals surface area contributed by atoms with Crippen LogP contribution in [0.3, 0.4) is 0 Å². The molecule has 1 unspecified atom stereocenters. The lowest BCUT2D eigenvalue weighted by Crippen LogP contribution is -2.16. The molecule has 0 aliphatic heterocycles. The molecule has 0 saturated heterocycles. The molecule has 0 aliphatic rings. The van der Waals surface area contributed by atoms with E-state index in [0.717, 1.165) is 18.7 Å². The lowest BCUT2D eigenvalue weighted by molar-refractivity contribution is 0.230. The third kappa shape index (κ3) is 2.58. The smallest absolute Gasteiger partial charge is 0.0517 e. The van der Waals surface area contributed by atoms with Crippen LogP contribution in [0.25, 0.3) is 0 Å². The number of hydrogen-bond acceptors (Lipinski definition) is 2. The summed E-state index contributed by atoms with van der Waals surface area (Å²) in [6.45, 7) is 3.18. The summed E-state index contributed by atoms with van der Waals surface area (Å²) in [4.78, 5) is 2.96. The molecule has 3 N–H and O–H groups in total. The second-order valence-electron chi connectivity index (χ2n) is 2.94. The Morgan fingerprint density at radius 1 is 1.67 bits per heavy atom. The lowest BCUT2D eigenvalue weighted by atomic mass is 10.1. The molecule has 0 saturated carbocycles. The van der Waals surface area contributed by atoms with Crippen LogP contribution in [0, 0.1) is 5.92 Å². The molecule has 0 bridgehead atoms. The SMILES string of the molecule is CCC(CO)CNc1cc[nH]c1. The fraction of sp³-hybridized carbons (Fsp3) is 0.556. The Balaban J connectivity index is 2.25. The van der Waals surface area contributed by atoms with E-state index in [1.165, 1.54) is 0 Å². The minimum atomic E-state index is 0.258. The van der Waals surface area contributed by atoms with Gasteiger partial charge in [-0.1, -0.05) is 6.92 Å². The number of rotatable bonds is 5. The maximum absolute atomic E-state index is 8.91. The monoisotopic (exact) mass is 168 g/mol. The average Bonchev–Trinajstić information content (AvgIpc) is 2.59. The van der Waals surface area contributed by atoms with Crippen molar-refractivity contribution in [1.29, 1.82) is 0 Å². The number of aliphatic hydroxyl groups excluding tert-OH is 1. The first-order valence-electron chi connectivity index (χ1n) is 4.34. The molecular weight excluding hydrogens is 152 g/mol. The van der Waals surface area contributed by atoms with Gasteiger partial charge in [-0.3, -0.25) is 0 Å². The molecule has 1 aromatic heterocycles. The summed E-state index contributed by atoms with van der Waals surface area (Å²) in [6, 6.07) is 1.98. The van der Waals surface area contributed by atoms with E-state index in [-0.39, 0.29) is 6.61 Å². The van der Waals surface area contributed by atoms with Gasteiger partial charge in [-0.05, 0) is 18.4 Å².